The molecular formula is C14H28N2O2S. The zero-order valence-corrected chi connectivity index (χ0v) is 13.7. The summed E-state index contributed by atoms with van der Waals surface area (Å²) in [5.74, 6) is 0.655. The van der Waals surface area contributed by atoms with Gasteiger partial charge in [0, 0.05) is 19.1 Å². The standard InChI is InChI=1S/C14H28N2O2S/c1-6-16(7-2)19(17,18)15-12-10-11-8-9-14(12,5)13(11,3)4/h11-12,15H,6-10H2,1-5H3/t11-,12-,14-/m1/s1. The lowest BCUT2D eigenvalue weighted by Gasteiger charge is -2.39. The van der Waals surface area contributed by atoms with Crippen LogP contribution in [0.3, 0.4) is 0 Å². The molecule has 2 rings (SSSR count). The molecule has 0 aromatic heterocycles. The van der Waals surface area contributed by atoms with Crippen LogP contribution in [-0.2, 0) is 10.2 Å². The van der Waals surface area contributed by atoms with Crippen molar-refractivity contribution in [1.29, 1.82) is 0 Å². The summed E-state index contributed by atoms with van der Waals surface area (Å²) in [6.45, 7) is 11.7. The molecule has 0 unspecified atom stereocenters. The van der Waals surface area contributed by atoms with E-state index >= 15 is 0 Å². The molecule has 1 N–H and O–H groups in total. The normalized spacial score (nSPS) is 37.2. The van der Waals surface area contributed by atoms with Crippen molar-refractivity contribution >= 4 is 10.2 Å². The maximum Gasteiger partial charge on any atom is 0.279 e. The number of nitrogens with zero attached hydrogens (tertiary/aromatic N) is 1. The van der Waals surface area contributed by atoms with Gasteiger partial charge in [0.05, 0.1) is 0 Å². The first kappa shape index (κ1) is 15.3. The zero-order chi connectivity index (χ0) is 14.5. The lowest BCUT2D eigenvalue weighted by Crippen LogP contribution is -2.51. The summed E-state index contributed by atoms with van der Waals surface area (Å²) in [5.41, 5.74) is 0.335. The van der Waals surface area contributed by atoms with E-state index in [9.17, 15) is 8.42 Å². The van der Waals surface area contributed by atoms with Crippen LogP contribution in [0, 0.1) is 16.7 Å². The maximum atomic E-state index is 12.4. The van der Waals surface area contributed by atoms with Gasteiger partial charge < -0.3 is 0 Å². The predicted molar refractivity (Wildman–Crippen MR) is 78.0 cm³/mol. The quantitative estimate of drug-likeness (QED) is 0.844. The van der Waals surface area contributed by atoms with Crippen LogP contribution in [0.5, 0.6) is 0 Å². The molecule has 2 aliphatic rings. The fourth-order valence-electron chi connectivity index (χ4n) is 4.20. The van der Waals surface area contributed by atoms with Crippen LogP contribution >= 0.6 is 0 Å². The number of rotatable bonds is 5. The average Bonchev–Trinajstić information content (AvgIpc) is 2.62. The van der Waals surface area contributed by atoms with Gasteiger partial charge in [0.15, 0.2) is 0 Å². The molecule has 5 heteroatoms. The van der Waals surface area contributed by atoms with Crippen LogP contribution in [0.2, 0.25) is 0 Å². The van der Waals surface area contributed by atoms with E-state index in [2.05, 4.69) is 25.5 Å². The van der Waals surface area contributed by atoms with E-state index in [1.54, 1.807) is 0 Å². The Hall–Kier alpha value is -0.130. The van der Waals surface area contributed by atoms with Gasteiger partial charge in [-0.15, -0.1) is 0 Å². The van der Waals surface area contributed by atoms with Crippen molar-refractivity contribution in [3.63, 3.8) is 0 Å². The van der Waals surface area contributed by atoms with Gasteiger partial charge in [-0.1, -0.05) is 34.6 Å². The van der Waals surface area contributed by atoms with Crippen molar-refractivity contribution in [3.8, 4) is 0 Å². The van der Waals surface area contributed by atoms with E-state index in [1.165, 1.54) is 10.7 Å². The monoisotopic (exact) mass is 288 g/mol. The molecule has 0 saturated heterocycles. The summed E-state index contributed by atoms with van der Waals surface area (Å²) in [6, 6.07) is 0.0897. The van der Waals surface area contributed by atoms with Crippen LogP contribution in [0.1, 0.15) is 53.9 Å². The minimum atomic E-state index is -3.33. The van der Waals surface area contributed by atoms with Crippen molar-refractivity contribution in [3.05, 3.63) is 0 Å². The first-order chi connectivity index (χ1) is 8.69. The largest absolute Gasteiger partial charge is 0.279 e. The van der Waals surface area contributed by atoms with E-state index in [1.807, 2.05) is 13.8 Å². The molecule has 0 radical (unpaired) electrons. The molecule has 112 valence electrons. The Morgan fingerprint density at radius 3 is 2.16 bits per heavy atom. The summed E-state index contributed by atoms with van der Waals surface area (Å²) in [6.07, 6.45) is 3.37. The second-order valence-corrected chi connectivity index (χ2v) is 8.57. The van der Waals surface area contributed by atoms with Crippen LogP contribution < -0.4 is 4.72 Å². The second kappa shape index (κ2) is 4.71. The van der Waals surface area contributed by atoms with Gasteiger partial charge in [-0.25, -0.2) is 0 Å². The van der Waals surface area contributed by atoms with Crippen molar-refractivity contribution in [2.24, 2.45) is 16.7 Å². The maximum absolute atomic E-state index is 12.4. The van der Waals surface area contributed by atoms with Crippen molar-refractivity contribution in [2.75, 3.05) is 13.1 Å². The molecule has 2 saturated carbocycles. The van der Waals surface area contributed by atoms with Gasteiger partial charge >= 0.3 is 0 Å². The number of hydrogen-bond donors (Lipinski definition) is 1. The molecule has 0 amide bonds. The highest BCUT2D eigenvalue weighted by Crippen LogP contribution is 2.65. The lowest BCUT2D eigenvalue weighted by molar-refractivity contribution is 0.129. The molecule has 0 aromatic carbocycles. The molecule has 2 bridgehead atoms. The van der Waals surface area contributed by atoms with E-state index < -0.39 is 10.2 Å². The highest BCUT2D eigenvalue weighted by Gasteiger charge is 2.62. The van der Waals surface area contributed by atoms with E-state index in [0.29, 0.717) is 19.0 Å². The average molecular weight is 288 g/mol. The smallest absolute Gasteiger partial charge is 0.198 e. The summed E-state index contributed by atoms with van der Waals surface area (Å²) in [7, 11) is -3.33. The van der Waals surface area contributed by atoms with Gasteiger partial charge in [0.1, 0.15) is 0 Å². The topological polar surface area (TPSA) is 49.4 Å². The highest BCUT2D eigenvalue weighted by molar-refractivity contribution is 7.87. The van der Waals surface area contributed by atoms with Gasteiger partial charge in [-0.3, -0.25) is 0 Å². The second-order valence-electron chi connectivity index (χ2n) is 6.87. The Bertz CT molecular complexity index is 442. The molecular weight excluding hydrogens is 260 g/mol. The van der Waals surface area contributed by atoms with E-state index in [4.69, 9.17) is 0 Å². The third kappa shape index (κ3) is 2.14. The van der Waals surface area contributed by atoms with Gasteiger partial charge in [-0.2, -0.15) is 17.4 Å². The fraction of sp³-hybridized carbons (Fsp3) is 1.00. The third-order valence-electron chi connectivity index (χ3n) is 6.13. The minimum Gasteiger partial charge on any atom is -0.198 e. The number of fused-ring (bicyclic) bond motifs is 2. The van der Waals surface area contributed by atoms with Crippen LogP contribution in [0.25, 0.3) is 0 Å². The Morgan fingerprint density at radius 1 is 1.21 bits per heavy atom. The van der Waals surface area contributed by atoms with Gasteiger partial charge in [0.2, 0.25) is 0 Å². The van der Waals surface area contributed by atoms with Crippen molar-refractivity contribution in [1.82, 2.24) is 9.03 Å². The lowest BCUT2D eigenvalue weighted by atomic mass is 9.69. The van der Waals surface area contributed by atoms with Crippen LogP contribution in [0.15, 0.2) is 0 Å². The molecule has 0 aromatic rings. The molecule has 2 aliphatic carbocycles. The van der Waals surface area contributed by atoms with E-state index in [-0.39, 0.29) is 16.9 Å². The predicted octanol–water partition coefficient (Wildman–Crippen LogP) is 2.38. The van der Waals surface area contributed by atoms with Crippen molar-refractivity contribution < 1.29 is 8.42 Å². The Labute approximate surface area is 118 Å². The zero-order valence-electron chi connectivity index (χ0n) is 12.9. The van der Waals surface area contributed by atoms with Gasteiger partial charge in [0.25, 0.3) is 10.2 Å². The number of nitrogens with one attached hydrogen (secondary N) is 1. The molecule has 2 fully saturated rings. The Kier molecular flexibility index (Phi) is 3.78. The Morgan fingerprint density at radius 2 is 1.79 bits per heavy atom. The van der Waals surface area contributed by atoms with E-state index in [0.717, 1.165) is 12.8 Å². The van der Waals surface area contributed by atoms with Crippen LogP contribution in [0.4, 0.5) is 0 Å². The molecule has 19 heavy (non-hydrogen) atoms. The highest BCUT2D eigenvalue weighted by atomic mass is 32.2. The molecule has 0 aliphatic heterocycles. The minimum absolute atomic E-state index is 0.0897. The summed E-state index contributed by atoms with van der Waals surface area (Å²) in [4.78, 5) is 0. The number of hydrogen-bond acceptors (Lipinski definition) is 2. The summed E-state index contributed by atoms with van der Waals surface area (Å²) >= 11 is 0. The summed E-state index contributed by atoms with van der Waals surface area (Å²) < 4.78 is 29.3. The van der Waals surface area contributed by atoms with Crippen molar-refractivity contribution in [2.45, 2.75) is 59.9 Å². The molecule has 0 spiro atoms. The van der Waals surface area contributed by atoms with Gasteiger partial charge in [-0.05, 0) is 36.0 Å². The summed E-state index contributed by atoms with van der Waals surface area (Å²) in [5, 5.41) is 0. The SMILES string of the molecule is CCN(CC)S(=O)(=O)N[C@@H]1C[C@H]2CC[C@@]1(C)C2(C)C. The first-order valence-electron chi connectivity index (χ1n) is 7.46. The molecule has 4 nitrogen and oxygen atoms in total. The third-order valence-corrected chi connectivity index (χ3v) is 7.91. The molecule has 0 heterocycles. The molecule has 3 atom stereocenters. The first-order valence-corrected chi connectivity index (χ1v) is 8.90. The fourth-order valence-corrected chi connectivity index (χ4v) is 5.74. The Balaban J connectivity index is 2.18. The van der Waals surface area contributed by atoms with Crippen LogP contribution in [-0.4, -0.2) is 31.9 Å².